The molecule has 0 atom stereocenters. The summed E-state index contributed by atoms with van der Waals surface area (Å²) in [6.07, 6.45) is 0.684. The van der Waals surface area contributed by atoms with E-state index in [1.54, 1.807) is 46.6 Å². The van der Waals surface area contributed by atoms with Crippen LogP contribution in [0.1, 0.15) is 11.1 Å². The maximum atomic E-state index is 13.7. The molecule has 0 radical (unpaired) electrons. The lowest BCUT2D eigenvalue weighted by atomic mass is 10.1. The van der Waals surface area contributed by atoms with Gasteiger partial charge in [0.05, 0.1) is 21.3 Å². The van der Waals surface area contributed by atoms with Crippen LogP contribution < -0.4 is 24.8 Å². The molecule has 0 fully saturated rings. The smallest absolute Gasteiger partial charge is 0.203 e. The second-order valence-electron chi connectivity index (χ2n) is 5.69. The van der Waals surface area contributed by atoms with E-state index in [1.165, 1.54) is 6.07 Å². The van der Waals surface area contributed by atoms with E-state index in [2.05, 4.69) is 15.6 Å². The number of guanidine groups is 1. The van der Waals surface area contributed by atoms with Gasteiger partial charge in [0.15, 0.2) is 17.5 Å². The molecule has 0 aliphatic carbocycles. The van der Waals surface area contributed by atoms with Crippen molar-refractivity contribution in [3.8, 4) is 17.2 Å². The molecule has 2 aromatic rings. The first kappa shape index (κ1) is 20.4. The van der Waals surface area contributed by atoms with Crippen LogP contribution in [0.4, 0.5) is 4.39 Å². The Morgan fingerprint density at radius 3 is 2.30 bits per heavy atom. The number of nitrogens with one attached hydrogen (secondary N) is 2. The molecule has 0 saturated carbocycles. The molecule has 2 aromatic carbocycles. The molecule has 0 saturated heterocycles. The Bertz CT molecular complexity index is 781. The Hall–Kier alpha value is -2.96. The van der Waals surface area contributed by atoms with Crippen LogP contribution in [0, 0.1) is 5.82 Å². The predicted octanol–water partition coefficient (Wildman–Crippen LogP) is 2.76. The summed E-state index contributed by atoms with van der Waals surface area (Å²) in [7, 11) is 6.44. The molecule has 0 unspecified atom stereocenters. The van der Waals surface area contributed by atoms with Crippen LogP contribution in [-0.4, -0.2) is 40.9 Å². The third-order valence-electron chi connectivity index (χ3n) is 4.10. The first-order chi connectivity index (χ1) is 13.1. The average Bonchev–Trinajstić information content (AvgIpc) is 2.70. The third kappa shape index (κ3) is 5.26. The van der Waals surface area contributed by atoms with Crippen LogP contribution in [0.3, 0.4) is 0 Å². The minimum Gasteiger partial charge on any atom is -0.493 e. The number of hydrogen-bond acceptors (Lipinski definition) is 4. The van der Waals surface area contributed by atoms with Crippen LogP contribution >= 0.6 is 0 Å². The summed E-state index contributed by atoms with van der Waals surface area (Å²) in [5.74, 6) is 2.19. The zero-order chi connectivity index (χ0) is 19.6. The molecule has 27 heavy (non-hydrogen) atoms. The topological polar surface area (TPSA) is 64.1 Å². The molecule has 0 aliphatic rings. The summed E-state index contributed by atoms with van der Waals surface area (Å²) in [4.78, 5) is 4.16. The largest absolute Gasteiger partial charge is 0.493 e. The fraction of sp³-hybridized carbons (Fsp3) is 0.350. The minimum atomic E-state index is -0.240. The van der Waals surface area contributed by atoms with E-state index in [1.807, 2.05) is 12.1 Å². The van der Waals surface area contributed by atoms with Gasteiger partial charge in [0.2, 0.25) is 5.75 Å². The SMILES string of the molecule is CN=C(NCCc1ccc(OC)c(OC)c1OC)NCc1ccccc1F. The van der Waals surface area contributed by atoms with Crippen LogP contribution in [0.5, 0.6) is 17.2 Å². The Kier molecular flexibility index (Phi) is 7.73. The van der Waals surface area contributed by atoms with Crippen LogP contribution in [0.2, 0.25) is 0 Å². The van der Waals surface area contributed by atoms with Crippen molar-refractivity contribution in [1.29, 1.82) is 0 Å². The van der Waals surface area contributed by atoms with Crippen molar-refractivity contribution in [2.45, 2.75) is 13.0 Å². The summed E-state index contributed by atoms with van der Waals surface area (Å²) in [6, 6.07) is 10.4. The quantitative estimate of drug-likeness (QED) is 0.549. The molecule has 7 heteroatoms. The highest BCUT2D eigenvalue weighted by atomic mass is 19.1. The number of halogens is 1. The Balaban J connectivity index is 1.95. The number of ether oxygens (including phenoxy) is 3. The summed E-state index contributed by atoms with van der Waals surface area (Å²) >= 11 is 0. The highest BCUT2D eigenvalue weighted by Gasteiger charge is 2.15. The van der Waals surface area contributed by atoms with E-state index >= 15 is 0 Å². The first-order valence-electron chi connectivity index (χ1n) is 8.60. The summed E-state index contributed by atoms with van der Waals surface area (Å²) in [6.45, 7) is 0.967. The van der Waals surface area contributed by atoms with Crippen molar-refractivity contribution in [3.05, 3.63) is 53.3 Å². The van der Waals surface area contributed by atoms with Gasteiger partial charge < -0.3 is 24.8 Å². The predicted molar refractivity (Wildman–Crippen MR) is 104 cm³/mol. The maximum Gasteiger partial charge on any atom is 0.203 e. The van der Waals surface area contributed by atoms with Gasteiger partial charge in [-0.05, 0) is 18.6 Å². The summed E-state index contributed by atoms with van der Waals surface area (Å²) in [5, 5.41) is 6.32. The zero-order valence-electron chi connectivity index (χ0n) is 16.1. The van der Waals surface area contributed by atoms with Gasteiger partial charge in [-0.15, -0.1) is 0 Å². The fourth-order valence-corrected chi connectivity index (χ4v) is 2.72. The van der Waals surface area contributed by atoms with E-state index in [0.29, 0.717) is 48.3 Å². The van der Waals surface area contributed by atoms with Gasteiger partial charge in [-0.1, -0.05) is 24.3 Å². The molecule has 0 amide bonds. The standard InChI is InChI=1S/C20H26FN3O3/c1-22-20(24-13-15-7-5-6-8-16(15)21)23-12-11-14-9-10-17(25-2)19(27-4)18(14)26-3/h5-10H,11-13H2,1-4H3,(H2,22,23,24). The summed E-state index contributed by atoms with van der Waals surface area (Å²) in [5.41, 5.74) is 1.56. The monoisotopic (exact) mass is 375 g/mol. The first-order valence-corrected chi connectivity index (χ1v) is 8.60. The van der Waals surface area contributed by atoms with Gasteiger partial charge in [0.25, 0.3) is 0 Å². The molecule has 6 nitrogen and oxygen atoms in total. The lowest BCUT2D eigenvalue weighted by Crippen LogP contribution is -2.38. The normalized spacial score (nSPS) is 11.1. The lowest BCUT2D eigenvalue weighted by molar-refractivity contribution is 0.322. The number of methoxy groups -OCH3 is 3. The number of benzene rings is 2. The van der Waals surface area contributed by atoms with Crippen molar-refractivity contribution >= 4 is 5.96 Å². The van der Waals surface area contributed by atoms with Crippen LogP contribution in [0.15, 0.2) is 41.4 Å². The molecular weight excluding hydrogens is 349 g/mol. The molecule has 0 bridgehead atoms. The van der Waals surface area contributed by atoms with Gasteiger partial charge in [-0.2, -0.15) is 0 Å². The third-order valence-corrected chi connectivity index (χ3v) is 4.10. The number of hydrogen-bond donors (Lipinski definition) is 2. The van der Waals surface area contributed by atoms with Gasteiger partial charge in [-0.25, -0.2) is 4.39 Å². The van der Waals surface area contributed by atoms with Crippen molar-refractivity contribution in [3.63, 3.8) is 0 Å². The molecule has 0 heterocycles. The van der Waals surface area contributed by atoms with E-state index in [9.17, 15) is 4.39 Å². The highest BCUT2D eigenvalue weighted by molar-refractivity contribution is 5.79. The van der Waals surface area contributed by atoms with Crippen molar-refractivity contribution in [1.82, 2.24) is 10.6 Å². The van der Waals surface area contributed by atoms with Gasteiger partial charge in [-0.3, -0.25) is 4.99 Å². The van der Waals surface area contributed by atoms with E-state index < -0.39 is 0 Å². The fourth-order valence-electron chi connectivity index (χ4n) is 2.72. The van der Waals surface area contributed by atoms with Gasteiger partial charge >= 0.3 is 0 Å². The highest BCUT2D eigenvalue weighted by Crippen LogP contribution is 2.39. The van der Waals surface area contributed by atoms with Crippen LogP contribution in [-0.2, 0) is 13.0 Å². The van der Waals surface area contributed by atoms with Crippen LogP contribution in [0.25, 0.3) is 0 Å². The number of aliphatic imine (C=N–C) groups is 1. The van der Waals surface area contributed by atoms with Crippen molar-refractivity contribution in [2.24, 2.45) is 4.99 Å². The van der Waals surface area contributed by atoms with Gasteiger partial charge in [0.1, 0.15) is 5.82 Å². The molecule has 0 spiro atoms. The second-order valence-corrected chi connectivity index (χ2v) is 5.69. The number of rotatable bonds is 8. The molecule has 2 N–H and O–H groups in total. The molecule has 0 aliphatic heterocycles. The van der Waals surface area contributed by atoms with Gasteiger partial charge in [0, 0.05) is 31.3 Å². The average molecular weight is 375 g/mol. The Morgan fingerprint density at radius 1 is 0.926 bits per heavy atom. The zero-order valence-corrected chi connectivity index (χ0v) is 16.1. The second kappa shape index (κ2) is 10.3. The molecular formula is C20H26FN3O3. The molecule has 2 rings (SSSR count). The lowest BCUT2D eigenvalue weighted by Gasteiger charge is -2.16. The van der Waals surface area contributed by atoms with E-state index in [0.717, 1.165) is 5.56 Å². The Labute approximate surface area is 159 Å². The molecule has 146 valence electrons. The van der Waals surface area contributed by atoms with Crippen molar-refractivity contribution in [2.75, 3.05) is 34.9 Å². The van der Waals surface area contributed by atoms with E-state index in [-0.39, 0.29) is 5.82 Å². The minimum absolute atomic E-state index is 0.240. The Morgan fingerprint density at radius 2 is 1.67 bits per heavy atom. The van der Waals surface area contributed by atoms with Crippen molar-refractivity contribution < 1.29 is 18.6 Å². The summed E-state index contributed by atoms with van der Waals surface area (Å²) < 4.78 is 29.9. The maximum absolute atomic E-state index is 13.7. The molecule has 0 aromatic heterocycles. The number of nitrogens with zero attached hydrogens (tertiary/aromatic N) is 1. The van der Waals surface area contributed by atoms with E-state index in [4.69, 9.17) is 14.2 Å².